The third-order valence-corrected chi connectivity index (χ3v) is 4.24. The van der Waals surface area contributed by atoms with Crippen LogP contribution in [0.1, 0.15) is 16.9 Å². The summed E-state index contributed by atoms with van der Waals surface area (Å²) in [4.78, 5) is 15.3. The molecule has 0 atom stereocenters. The van der Waals surface area contributed by atoms with Crippen molar-refractivity contribution in [2.45, 2.75) is 19.4 Å². The third kappa shape index (κ3) is 4.49. The first kappa shape index (κ1) is 14.3. The van der Waals surface area contributed by atoms with Gasteiger partial charge in [0.25, 0.3) is 0 Å². The Morgan fingerprint density at radius 2 is 2.26 bits per heavy atom. The molecule has 1 aromatic heterocycles. The van der Waals surface area contributed by atoms with Crippen molar-refractivity contribution in [1.29, 1.82) is 0 Å². The maximum atomic E-state index is 11.4. The minimum atomic E-state index is -0.151. The number of fused-ring (bicyclic) bond motifs is 1. The van der Waals surface area contributed by atoms with Crippen LogP contribution in [0.25, 0.3) is 0 Å². The molecule has 0 radical (unpaired) electrons. The summed E-state index contributed by atoms with van der Waals surface area (Å²) in [6.45, 7) is 4.22. The highest BCUT2D eigenvalue weighted by Crippen LogP contribution is 2.23. The van der Waals surface area contributed by atoms with Gasteiger partial charge in [-0.25, -0.2) is 4.79 Å². The number of carbonyl (C=O) groups is 1. The second kappa shape index (κ2) is 7.47. The van der Waals surface area contributed by atoms with E-state index in [0.717, 1.165) is 26.1 Å². The van der Waals surface area contributed by atoms with Crippen LogP contribution in [0, 0.1) is 0 Å². The lowest BCUT2D eigenvalue weighted by atomic mass is 10.1. The van der Waals surface area contributed by atoms with Gasteiger partial charge in [-0.3, -0.25) is 4.90 Å². The molecule has 2 amide bonds. The molecule has 1 aliphatic heterocycles. The number of aliphatic hydroxyl groups is 1. The topological polar surface area (TPSA) is 64.6 Å². The van der Waals surface area contributed by atoms with E-state index in [9.17, 15) is 4.79 Å². The van der Waals surface area contributed by atoms with Gasteiger partial charge < -0.3 is 15.7 Å². The Balaban J connectivity index is 1.60. The van der Waals surface area contributed by atoms with Crippen LogP contribution in [-0.4, -0.2) is 48.8 Å². The Kier molecular flexibility index (Phi) is 5.62. The first-order chi connectivity index (χ1) is 9.29. The van der Waals surface area contributed by atoms with Gasteiger partial charge in [-0.1, -0.05) is 0 Å². The van der Waals surface area contributed by atoms with E-state index < -0.39 is 0 Å². The normalized spacial score (nSPS) is 15.0. The molecule has 3 N–H and O–H groups in total. The number of urea groups is 1. The number of hydrogen-bond acceptors (Lipinski definition) is 4. The third-order valence-electron chi connectivity index (χ3n) is 3.22. The maximum Gasteiger partial charge on any atom is 0.314 e. The summed E-state index contributed by atoms with van der Waals surface area (Å²) >= 11 is 1.84. The van der Waals surface area contributed by atoms with Gasteiger partial charge in [0, 0.05) is 44.2 Å². The molecule has 1 aromatic rings. The Bertz CT molecular complexity index is 408. The molecule has 0 unspecified atom stereocenters. The van der Waals surface area contributed by atoms with Crippen molar-refractivity contribution >= 4 is 17.4 Å². The number of hydrogen-bond donors (Lipinski definition) is 3. The predicted molar refractivity (Wildman–Crippen MR) is 76.4 cm³/mol. The summed E-state index contributed by atoms with van der Waals surface area (Å²) < 4.78 is 0. The van der Waals surface area contributed by atoms with Gasteiger partial charge >= 0.3 is 6.03 Å². The standard InChI is InChI=1S/C13H21N3O2S/c17-8-1-4-14-13(18)15-5-7-16-6-2-12-11(10-16)3-9-19-12/h3,9,17H,1-2,4-8,10H2,(H2,14,15,18). The molecule has 0 saturated carbocycles. The highest BCUT2D eigenvalue weighted by molar-refractivity contribution is 7.10. The Labute approximate surface area is 117 Å². The Morgan fingerprint density at radius 1 is 1.42 bits per heavy atom. The van der Waals surface area contributed by atoms with E-state index in [2.05, 4.69) is 27.0 Å². The fourth-order valence-electron chi connectivity index (χ4n) is 2.17. The van der Waals surface area contributed by atoms with Crippen molar-refractivity contribution in [3.63, 3.8) is 0 Å². The van der Waals surface area contributed by atoms with Crippen LogP contribution in [0.4, 0.5) is 4.79 Å². The van der Waals surface area contributed by atoms with Gasteiger partial charge in [-0.15, -0.1) is 11.3 Å². The van der Waals surface area contributed by atoms with E-state index in [1.165, 1.54) is 10.4 Å². The number of nitrogens with one attached hydrogen (secondary N) is 2. The predicted octanol–water partition coefficient (Wildman–Crippen LogP) is 0.788. The summed E-state index contributed by atoms with van der Waals surface area (Å²) in [6, 6.07) is 2.04. The molecule has 0 aromatic carbocycles. The molecule has 0 aliphatic carbocycles. The van der Waals surface area contributed by atoms with E-state index in [1.54, 1.807) is 0 Å². The molecule has 1 aliphatic rings. The SMILES string of the molecule is O=C(NCCCO)NCCN1CCc2sccc2C1. The molecular formula is C13H21N3O2S. The van der Waals surface area contributed by atoms with E-state index in [-0.39, 0.29) is 12.6 Å². The van der Waals surface area contributed by atoms with Gasteiger partial charge in [-0.2, -0.15) is 0 Å². The van der Waals surface area contributed by atoms with E-state index in [1.807, 2.05) is 11.3 Å². The van der Waals surface area contributed by atoms with Crippen LogP contribution in [0.5, 0.6) is 0 Å². The fourth-order valence-corrected chi connectivity index (χ4v) is 3.06. The second-order valence-corrected chi connectivity index (χ2v) is 5.66. The lowest BCUT2D eigenvalue weighted by Crippen LogP contribution is -2.41. The number of carbonyl (C=O) groups excluding carboxylic acids is 1. The van der Waals surface area contributed by atoms with Crippen LogP contribution in [-0.2, 0) is 13.0 Å². The molecule has 6 heteroatoms. The molecule has 19 heavy (non-hydrogen) atoms. The lowest BCUT2D eigenvalue weighted by Gasteiger charge is -2.26. The zero-order valence-corrected chi connectivity index (χ0v) is 11.8. The molecule has 0 bridgehead atoms. The molecule has 2 rings (SSSR count). The zero-order chi connectivity index (χ0) is 13.5. The monoisotopic (exact) mass is 283 g/mol. The number of rotatable bonds is 6. The highest BCUT2D eigenvalue weighted by atomic mass is 32.1. The largest absolute Gasteiger partial charge is 0.396 e. The van der Waals surface area contributed by atoms with E-state index >= 15 is 0 Å². The molecule has 106 valence electrons. The lowest BCUT2D eigenvalue weighted by molar-refractivity contribution is 0.229. The van der Waals surface area contributed by atoms with Crippen molar-refractivity contribution in [2.24, 2.45) is 0 Å². The highest BCUT2D eigenvalue weighted by Gasteiger charge is 2.16. The minimum absolute atomic E-state index is 0.108. The zero-order valence-electron chi connectivity index (χ0n) is 11.0. The molecule has 2 heterocycles. The molecular weight excluding hydrogens is 262 g/mol. The number of thiophene rings is 1. The van der Waals surface area contributed by atoms with Gasteiger partial charge in [0.15, 0.2) is 0 Å². The van der Waals surface area contributed by atoms with Crippen LogP contribution in [0.2, 0.25) is 0 Å². The number of nitrogens with zero attached hydrogens (tertiary/aromatic N) is 1. The summed E-state index contributed by atoms with van der Waals surface area (Å²) in [6.07, 6.45) is 1.72. The Hall–Kier alpha value is -1.11. The first-order valence-electron chi connectivity index (χ1n) is 6.70. The fraction of sp³-hybridized carbons (Fsp3) is 0.615. The molecule has 5 nitrogen and oxygen atoms in total. The number of aliphatic hydroxyl groups excluding tert-OH is 1. The van der Waals surface area contributed by atoms with Crippen LogP contribution < -0.4 is 10.6 Å². The summed E-state index contributed by atoms with van der Waals surface area (Å²) in [5.41, 5.74) is 1.43. The van der Waals surface area contributed by atoms with Crippen molar-refractivity contribution < 1.29 is 9.90 Å². The Morgan fingerprint density at radius 3 is 3.11 bits per heavy atom. The van der Waals surface area contributed by atoms with Crippen LogP contribution in [0.3, 0.4) is 0 Å². The second-order valence-electron chi connectivity index (χ2n) is 4.66. The van der Waals surface area contributed by atoms with E-state index in [0.29, 0.717) is 19.5 Å². The average molecular weight is 283 g/mol. The number of amides is 2. The van der Waals surface area contributed by atoms with Crippen molar-refractivity contribution in [2.75, 3.05) is 32.8 Å². The van der Waals surface area contributed by atoms with Crippen LogP contribution >= 0.6 is 11.3 Å². The summed E-state index contributed by atoms with van der Waals surface area (Å²) in [7, 11) is 0. The van der Waals surface area contributed by atoms with Gasteiger partial charge in [0.05, 0.1) is 0 Å². The first-order valence-corrected chi connectivity index (χ1v) is 7.57. The van der Waals surface area contributed by atoms with Gasteiger partial charge in [0.1, 0.15) is 0 Å². The molecule has 0 fully saturated rings. The average Bonchev–Trinajstić information content (AvgIpc) is 2.86. The molecule has 0 saturated heterocycles. The minimum Gasteiger partial charge on any atom is -0.396 e. The van der Waals surface area contributed by atoms with Crippen molar-refractivity contribution in [1.82, 2.24) is 15.5 Å². The van der Waals surface area contributed by atoms with Gasteiger partial charge in [0.2, 0.25) is 0 Å². The summed E-state index contributed by atoms with van der Waals surface area (Å²) in [5, 5.41) is 16.3. The summed E-state index contributed by atoms with van der Waals surface area (Å²) in [5.74, 6) is 0. The quantitative estimate of drug-likeness (QED) is 0.676. The van der Waals surface area contributed by atoms with Crippen LogP contribution in [0.15, 0.2) is 11.4 Å². The van der Waals surface area contributed by atoms with Gasteiger partial charge in [-0.05, 0) is 29.9 Å². The van der Waals surface area contributed by atoms with Crippen molar-refractivity contribution in [3.8, 4) is 0 Å². The van der Waals surface area contributed by atoms with E-state index in [4.69, 9.17) is 5.11 Å². The smallest absolute Gasteiger partial charge is 0.314 e. The molecule has 0 spiro atoms. The maximum absolute atomic E-state index is 11.4. The van der Waals surface area contributed by atoms with Crippen molar-refractivity contribution in [3.05, 3.63) is 21.9 Å².